The number of sulfone groups is 1. The molecule has 0 saturated carbocycles. The highest BCUT2D eigenvalue weighted by atomic mass is 32.2. The number of fused-ring (bicyclic) bond motifs is 1. The van der Waals surface area contributed by atoms with Gasteiger partial charge in [-0.2, -0.15) is 0 Å². The second kappa shape index (κ2) is 9.00. The lowest BCUT2D eigenvalue weighted by atomic mass is 10.1. The molecule has 1 aromatic carbocycles. The van der Waals surface area contributed by atoms with E-state index in [4.69, 9.17) is 4.42 Å². The van der Waals surface area contributed by atoms with Crippen LogP contribution < -0.4 is 0 Å². The molecule has 4 rings (SSSR count). The van der Waals surface area contributed by atoms with Gasteiger partial charge in [-0.15, -0.1) is 0 Å². The Kier molecular flexibility index (Phi) is 6.34. The first kappa shape index (κ1) is 21.8. The third-order valence-corrected chi connectivity index (χ3v) is 6.84. The zero-order valence-corrected chi connectivity index (χ0v) is 18.7. The second-order valence-electron chi connectivity index (χ2n) is 8.49. The number of furan rings is 1. The lowest BCUT2D eigenvalue weighted by molar-refractivity contribution is -0.133. The van der Waals surface area contributed by atoms with Crippen molar-refractivity contribution >= 4 is 32.6 Å². The van der Waals surface area contributed by atoms with E-state index in [-0.39, 0.29) is 23.3 Å². The number of para-hydroxylation sites is 1. The zero-order chi connectivity index (χ0) is 22.0. The van der Waals surface area contributed by atoms with Crippen LogP contribution in [0, 0.1) is 0 Å². The maximum absolute atomic E-state index is 13.2. The van der Waals surface area contributed by atoms with Crippen LogP contribution in [0.5, 0.6) is 0 Å². The van der Waals surface area contributed by atoms with Gasteiger partial charge in [0, 0.05) is 56.5 Å². The number of carbonyl (C=O) groups is 2. The van der Waals surface area contributed by atoms with Gasteiger partial charge in [0.25, 0.3) is 5.91 Å². The van der Waals surface area contributed by atoms with Crippen LogP contribution in [-0.4, -0.2) is 87.0 Å². The van der Waals surface area contributed by atoms with Crippen LogP contribution in [0.4, 0.5) is 0 Å². The molecule has 31 heavy (non-hydrogen) atoms. The average Bonchev–Trinajstić information content (AvgIpc) is 3.11. The summed E-state index contributed by atoms with van der Waals surface area (Å²) in [5, 5.41) is 0.655. The van der Waals surface area contributed by atoms with E-state index in [1.54, 1.807) is 29.2 Å². The Morgan fingerprint density at radius 3 is 2.29 bits per heavy atom. The van der Waals surface area contributed by atoms with Crippen LogP contribution in [0.3, 0.4) is 0 Å². The number of benzene rings is 1. The first-order valence-corrected chi connectivity index (χ1v) is 12.9. The third kappa shape index (κ3) is 5.10. The standard InChI is InChI=1S/C22H29N3O5S/c1-31(28,29)16-18-17-7-3-4-8-19(17)30-21(18)22(27)25-13-11-23(12-14-25)15-20(26)24-9-5-2-6-10-24/h3-4,7-8H,2,5-6,9-16H2,1H3. The first-order valence-electron chi connectivity index (χ1n) is 10.8. The highest BCUT2D eigenvalue weighted by Gasteiger charge is 2.30. The fourth-order valence-corrected chi connectivity index (χ4v) is 5.18. The maximum Gasteiger partial charge on any atom is 0.290 e. The molecule has 0 spiro atoms. The molecule has 0 radical (unpaired) electrons. The fourth-order valence-electron chi connectivity index (χ4n) is 4.36. The summed E-state index contributed by atoms with van der Waals surface area (Å²) in [4.78, 5) is 31.4. The van der Waals surface area contributed by atoms with Gasteiger partial charge in [0.1, 0.15) is 5.58 Å². The molecule has 2 fully saturated rings. The Labute approximate surface area is 182 Å². The minimum atomic E-state index is -3.34. The molecule has 0 atom stereocenters. The molecule has 8 nitrogen and oxygen atoms in total. The normalized spacial score (nSPS) is 18.5. The van der Waals surface area contributed by atoms with Gasteiger partial charge in [0.05, 0.1) is 12.3 Å². The van der Waals surface area contributed by atoms with Gasteiger partial charge in [-0.3, -0.25) is 14.5 Å². The molecule has 2 amide bonds. The van der Waals surface area contributed by atoms with Crippen molar-refractivity contribution in [3.05, 3.63) is 35.6 Å². The summed E-state index contributed by atoms with van der Waals surface area (Å²) in [6.07, 6.45) is 4.48. The molecule has 2 saturated heterocycles. The van der Waals surface area contributed by atoms with Crippen LogP contribution in [-0.2, 0) is 20.4 Å². The van der Waals surface area contributed by atoms with E-state index in [2.05, 4.69) is 4.90 Å². The molecule has 0 bridgehead atoms. The summed E-state index contributed by atoms with van der Waals surface area (Å²) in [7, 11) is -3.34. The Bertz CT molecular complexity index is 1060. The molecular formula is C22H29N3O5S. The van der Waals surface area contributed by atoms with Crippen LogP contribution in [0.1, 0.15) is 35.4 Å². The number of rotatable bonds is 5. The summed E-state index contributed by atoms with van der Waals surface area (Å²) in [6.45, 7) is 4.22. The van der Waals surface area contributed by atoms with Gasteiger partial charge in [0.15, 0.2) is 15.6 Å². The van der Waals surface area contributed by atoms with E-state index >= 15 is 0 Å². The van der Waals surface area contributed by atoms with Gasteiger partial charge in [-0.05, 0) is 25.3 Å². The predicted octanol–water partition coefficient (Wildman–Crippen LogP) is 1.75. The van der Waals surface area contributed by atoms with Crippen LogP contribution in [0.15, 0.2) is 28.7 Å². The molecule has 2 aliphatic rings. The van der Waals surface area contributed by atoms with E-state index in [9.17, 15) is 18.0 Å². The lowest BCUT2D eigenvalue weighted by Gasteiger charge is -2.35. The van der Waals surface area contributed by atoms with E-state index in [1.165, 1.54) is 6.42 Å². The quantitative estimate of drug-likeness (QED) is 0.694. The van der Waals surface area contributed by atoms with Crippen molar-refractivity contribution in [2.75, 3.05) is 52.1 Å². The predicted molar refractivity (Wildman–Crippen MR) is 118 cm³/mol. The molecule has 9 heteroatoms. The van der Waals surface area contributed by atoms with E-state index in [1.807, 2.05) is 4.90 Å². The Morgan fingerprint density at radius 1 is 0.935 bits per heavy atom. The van der Waals surface area contributed by atoms with Crippen molar-refractivity contribution in [1.29, 1.82) is 0 Å². The summed E-state index contributed by atoms with van der Waals surface area (Å²) in [6, 6.07) is 7.11. The van der Waals surface area contributed by atoms with E-state index < -0.39 is 9.84 Å². The topological polar surface area (TPSA) is 91.1 Å². The van der Waals surface area contributed by atoms with Crippen LogP contribution in [0.2, 0.25) is 0 Å². The molecule has 0 N–H and O–H groups in total. The van der Waals surface area contributed by atoms with Crippen molar-refractivity contribution < 1.29 is 22.4 Å². The average molecular weight is 448 g/mol. The molecule has 2 aliphatic heterocycles. The highest BCUT2D eigenvalue weighted by molar-refractivity contribution is 7.89. The van der Waals surface area contributed by atoms with Gasteiger partial charge in [0.2, 0.25) is 5.91 Å². The Hall–Kier alpha value is -2.39. The number of hydrogen-bond donors (Lipinski definition) is 0. The molecule has 168 valence electrons. The molecular weight excluding hydrogens is 418 g/mol. The Balaban J connectivity index is 1.43. The lowest BCUT2D eigenvalue weighted by Crippen LogP contribution is -2.52. The fraction of sp³-hybridized carbons (Fsp3) is 0.545. The van der Waals surface area contributed by atoms with Gasteiger partial charge in [-0.1, -0.05) is 18.2 Å². The second-order valence-corrected chi connectivity index (χ2v) is 10.6. The zero-order valence-electron chi connectivity index (χ0n) is 17.9. The van der Waals surface area contributed by atoms with Crippen molar-refractivity contribution in [2.45, 2.75) is 25.0 Å². The van der Waals surface area contributed by atoms with Gasteiger partial charge >= 0.3 is 0 Å². The summed E-state index contributed by atoms with van der Waals surface area (Å²) < 4.78 is 29.7. The van der Waals surface area contributed by atoms with Crippen LogP contribution in [0.25, 0.3) is 11.0 Å². The largest absolute Gasteiger partial charge is 0.451 e. The first-order chi connectivity index (χ1) is 14.8. The molecule has 3 heterocycles. The van der Waals surface area contributed by atoms with Crippen molar-refractivity contribution in [1.82, 2.24) is 14.7 Å². The van der Waals surface area contributed by atoms with Crippen molar-refractivity contribution in [3.63, 3.8) is 0 Å². The third-order valence-electron chi connectivity index (χ3n) is 6.03. The summed E-state index contributed by atoms with van der Waals surface area (Å²) >= 11 is 0. The summed E-state index contributed by atoms with van der Waals surface area (Å²) in [5.74, 6) is -0.274. The number of hydrogen-bond acceptors (Lipinski definition) is 6. The van der Waals surface area contributed by atoms with Gasteiger partial charge in [-0.25, -0.2) is 8.42 Å². The number of piperidine rings is 1. The number of nitrogens with zero attached hydrogens (tertiary/aromatic N) is 3. The molecule has 0 unspecified atom stereocenters. The van der Waals surface area contributed by atoms with E-state index in [0.717, 1.165) is 32.2 Å². The number of carbonyl (C=O) groups excluding carboxylic acids is 2. The monoisotopic (exact) mass is 447 g/mol. The van der Waals surface area contributed by atoms with Crippen molar-refractivity contribution in [3.8, 4) is 0 Å². The molecule has 1 aromatic heterocycles. The SMILES string of the molecule is CS(=O)(=O)Cc1c(C(=O)N2CCN(CC(=O)N3CCCCC3)CC2)oc2ccccc12. The Morgan fingerprint density at radius 2 is 1.61 bits per heavy atom. The number of likely N-dealkylation sites (tertiary alicyclic amines) is 1. The maximum atomic E-state index is 13.2. The highest BCUT2D eigenvalue weighted by Crippen LogP contribution is 2.29. The smallest absolute Gasteiger partial charge is 0.290 e. The minimum Gasteiger partial charge on any atom is -0.451 e. The van der Waals surface area contributed by atoms with Crippen molar-refractivity contribution in [2.24, 2.45) is 0 Å². The number of amides is 2. The van der Waals surface area contributed by atoms with E-state index in [0.29, 0.717) is 49.3 Å². The minimum absolute atomic E-state index is 0.101. The van der Waals surface area contributed by atoms with Crippen LogP contribution >= 0.6 is 0 Å². The molecule has 0 aliphatic carbocycles. The summed E-state index contributed by atoms with van der Waals surface area (Å²) in [5.41, 5.74) is 0.932. The number of piperazine rings is 1. The molecule has 2 aromatic rings. The van der Waals surface area contributed by atoms with Gasteiger partial charge < -0.3 is 14.2 Å².